The number of likely N-dealkylation sites (N-methyl/N-ethyl adjacent to an activating group) is 2. The highest BCUT2D eigenvalue weighted by Gasteiger charge is 2.70. The van der Waals surface area contributed by atoms with E-state index < -0.39 is 82.3 Å². The first kappa shape index (κ1) is 28.3. The number of primary amides is 1. The van der Waals surface area contributed by atoms with Gasteiger partial charge >= 0.3 is 0 Å². The van der Waals surface area contributed by atoms with Crippen LogP contribution in [0.5, 0.6) is 0 Å². The second-order valence-corrected chi connectivity index (χ2v) is 11.4. The van der Waals surface area contributed by atoms with Crippen LogP contribution in [-0.4, -0.2) is 106 Å². The van der Waals surface area contributed by atoms with E-state index in [1.807, 2.05) is 0 Å². The fourth-order valence-electron chi connectivity index (χ4n) is 6.70. The Bertz CT molecular complexity index is 1210. The molecule has 0 aromatic heterocycles. The summed E-state index contributed by atoms with van der Waals surface area (Å²) in [4.78, 5) is 81.6. The van der Waals surface area contributed by atoms with Crippen LogP contribution >= 0.6 is 15.9 Å². The summed E-state index contributed by atoms with van der Waals surface area (Å²) >= 11 is 3.04. The molecule has 0 bridgehead atoms. The Morgan fingerprint density at radius 2 is 1.74 bits per heavy atom. The van der Waals surface area contributed by atoms with Crippen LogP contribution in [0.2, 0.25) is 0 Å². The number of nitrogens with one attached hydrogen (secondary N) is 1. The summed E-state index contributed by atoms with van der Waals surface area (Å²) in [7, 11) is 6.55. The van der Waals surface area contributed by atoms with E-state index in [9.17, 15) is 39.0 Å². The Hall–Kier alpha value is -2.74. The quantitative estimate of drug-likeness (QED) is 0.203. The Morgan fingerprint density at radius 1 is 1.11 bits per heavy atom. The zero-order valence-corrected chi connectivity index (χ0v) is 23.0. The van der Waals surface area contributed by atoms with Crippen molar-refractivity contribution >= 4 is 50.9 Å². The third kappa shape index (κ3) is 3.98. The van der Waals surface area contributed by atoms with Crippen LogP contribution in [0.15, 0.2) is 23.0 Å². The fraction of sp³-hybridized carbons (Fsp3) is 0.600. The maximum absolute atomic E-state index is 13.9. The van der Waals surface area contributed by atoms with Crippen molar-refractivity contribution < 1.29 is 39.0 Å². The van der Waals surface area contributed by atoms with E-state index in [0.717, 1.165) is 0 Å². The Morgan fingerprint density at radius 3 is 2.26 bits per heavy atom. The van der Waals surface area contributed by atoms with Crippen LogP contribution in [0.4, 0.5) is 0 Å². The molecule has 0 heterocycles. The largest absolute Gasteiger partial charge is 0.386 e. The molecular formula is C25H31BrN4O8. The SMILES string of the molecule is CN(C)C1=C2CC3CC4[C@H](N(C)C)C(=O)C(C(N)=O)C(=O)[C@@]4(O)C(=O)C3C(=O)C2C(O)C(NC(=O)CBr)=C1. The second kappa shape index (κ2) is 9.78. The average Bonchev–Trinajstić information content (AvgIpc) is 2.82. The minimum Gasteiger partial charge on any atom is -0.386 e. The Kier molecular flexibility index (Phi) is 7.27. The van der Waals surface area contributed by atoms with Gasteiger partial charge in [0.1, 0.15) is 6.10 Å². The average molecular weight is 595 g/mol. The first-order valence-electron chi connectivity index (χ1n) is 12.2. The summed E-state index contributed by atoms with van der Waals surface area (Å²) in [5, 5.41) is 25.3. The molecule has 0 spiro atoms. The van der Waals surface area contributed by atoms with Crippen molar-refractivity contribution in [3.63, 3.8) is 0 Å². The van der Waals surface area contributed by atoms with Gasteiger partial charge < -0.3 is 26.2 Å². The van der Waals surface area contributed by atoms with Crippen LogP contribution in [0.3, 0.4) is 0 Å². The molecule has 4 aliphatic rings. The van der Waals surface area contributed by atoms with Crippen LogP contribution in [0, 0.1) is 29.6 Å². The summed E-state index contributed by atoms with van der Waals surface area (Å²) in [6.07, 6.45) is 0.275. The maximum Gasteiger partial charge on any atom is 0.235 e. The van der Waals surface area contributed by atoms with E-state index in [-0.39, 0.29) is 23.9 Å². The van der Waals surface area contributed by atoms with Gasteiger partial charge in [-0.25, -0.2) is 0 Å². The van der Waals surface area contributed by atoms with Crippen molar-refractivity contribution in [2.45, 2.75) is 30.6 Å². The van der Waals surface area contributed by atoms with Crippen molar-refractivity contribution in [2.24, 2.45) is 35.3 Å². The lowest BCUT2D eigenvalue weighted by Crippen LogP contribution is -2.74. The molecule has 4 aliphatic carbocycles. The first-order chi connectivity index (χ1) is 17.7. The highest BCUT2D eigenvalue weighted by molar-refractivity contribution is 9.09. The lowest BCUT2D eigenvalue weighted by atomic mass is 9.50. The molecule has 0 radical (unpaired) electrons. The van der Waals surface area contributed by atoms with Gasteiger partial charge in [0, 0.05) is 31.4 Å². The van der Waals surface area contributed by atoms with E-state index in [1.54, 1.807) is 25.1 Å². The summed E-state index contributed by atoms with van der Waals surface area (Å²) < 4.78 is 0. The topological polar surface area (TPSA) is 187 Å². The molecule has 5 N–H and O–H groups in total. The van der Waals surface area contributed by atoms with Gasteiger partial charge in [-0.05, 0) is 44.5 Å². The highest BCUT2D eigenvalue weighted by Crippen LogP contribution is 2.53. The fourth-order valence-corrected chi connectivity index (χ4v) is 6.84. The molecule has 38 heavy (non-hydrogen) atoms. The standard InChI is InChI=1S/C25H31BrN4O8/c1-29(2)13-7-12(28-14(31)8-26)19(32)16-10(13)5-9-6-11-18(30(3)4)21(34)17(24(27)37)23(36)25(11,38)22(35)15(9)20(16)33/h7,9,11,15-19,32,38H,5-6,8H2,1-4H3,(H2,27,37)(H,28,31)/t9?,11?,15?,16?,17?,18-,19?,25-/m0/s1. The third-order valence-corrected chi connectivity index (χ3v) is 8.78. The number of aliphatic hydroxyl groups excluding tert-OH is 1. The molecule has 3 saturated carbocycles. The number of aliphatic hydroxyl groups is 2. The number of rotatable bonds is 5. The van der Waals surface area contributed by atoms with Crippen molar-refractivity contribution in [1.29, 1.82) is 0 Å². The van der Waals surface area contributed by atoms with Gasteiger partial charge in [0.15, 0.2) is 34.7 Å². The molecule has 0 saturated heterocycles. The summed E-state index contributed by atoms with van der Waals surface area (Å²) in [5.41, 5.74) is 3.79. The van der Waals surface area contributed by atoms with Gasteiger partial charge in [0.25, 0.3) is 0 Å². The summed E-state index contributed by atoms with van der Waals surface area (Å²) in [6.45, 7) is 0. The molecule has 12 nitrogen and oxygen atoms in total. The van der Waals surface area contributed by atoms with E-state index in [0.29, 0.717) is 11.3 Å². The lowest BCUT2D eigenvalue weighted by Gasteiger charge is -2.54. The summed E-state index contributed by atoms with van der Waals surface area (Å²) in [6, 6.07) is -1.15. The Balaban J connectivity index is 1.83. The molecular weight excluding hydrogens is 564 g/mol. The predicted octanol–water partition coefficient (Wildman–Crippen LogP) is -2.10. The zero-order chi connectivity index (χ0) is 28.4. The smallest absolute Gasteiger partial charge is 0.235 e. The van der Waals surface area contributed by atoms with Gasteiger partial charge in [-0.3, -0.25) is 33.7 Å². The Labute approximate surface area is 227 Å². The number of carbonyl (C=O) groups excluding carboxylic acids is 6. The number of halogens is 1. The predicted molar refractivity (Wildman–Crippen MR) is 135 cm³/mol. The van der Waals surface area contributed by atoms with Crippen LogP contribution in [0.25, 0.3) is 0 Å². The van der Waals surface area contributed by atoms with Crippen LogP contribution in [0.1, 0.15) is 12.8 Å². The molecule has 0 aliphatic heterocycles. The van der Waals surface area contributed by atoms with E-state index in [2.05, 4.69) is 21.2 Å². The number of nitrogens with zero attached hydrogens (tertiary/aromatic N) is 2. The molecule has 0 aromatic rings. The molecule has 8 atom stereocenters. The van der Waals surface area contributed by atoms with E-state index >= 15 is 0 Å². The number of amides is 2. The van der Waals surface area contributed by atoms with Crippen molar-refractivity contribution in [1.82, 2.24) is 15.1 Å². The number of hydrogen-bond acceptors (Lipinski definition) is 10. The first-order valence-corrected chi connectivity index (χ1v) is 13.3. The molecule has 0 aromatic carbocycles. The molecule has 206 valence electrons. The number of fused-ring (bicyclic) bond motifs is 3. The number of alkyl halides is 1. The highest BCUT2D eigenvalue weighted by atomic mass is 79.9. The van der Waals surface area contributed by atoms with Crippen molar-refractivity contribution in [3.05, 3.63) is 23.0 Å². The van der Waals surface area contributed by atoms with Gasteiger partial charge in [0.05, 0.1) is 23.2 Å². The molecule has 2 amide bonds. The van der Waals surface area contributed by atoms with Crippen molar-refractivity contribution in [2.75, 3.05) is 33.5 Å². The molecule has 13 heteroatoms. The van der Waals surface area contributed by atoms with Gasteiger partial charge in [0.2, 0.25) is 11.8 Å². The van der Waals surface area contributed by atoms with Crippen molar-refractivity contribution in [3.8, 4) is 0 Å². The molecule has 4 rings (SSSR count). The number of Topliss-reactive ketones (excluding diaryl/α,β-unsaturated/α-hetero) is 4. The number of nitrogens with two attached hydrogens (primary N) is 1. The van der Waals surface area contributed by atoms with Crippen LogP contribution in [-0.2, 0) is 28.8 Å². The molecule has 6 unspecified atom stereocenters. The number of allylic oxidation sites excluding steroid dienone is 1. The minimum atomic E-state index is -2.77. The number of hydrogen-bond donors (Lipinski definition) is 4. The number of ketones is 4. The minimum absolute atomic E-state index is 0.0195. The molecule has 3 fully saturated rings. The maximum atomic E-state index is 13.9. The van der Waals surface area contributed by atoms with Gasteiger partial charge in [-0.15, -0.1) is 0 Å². The van der Waals surface area contributed by atoms with Gasteiger partial charge in [-0.2, -0.15) is 0 Å². The third-order valence-electron chi connectivity index (χ3n) is 8.27. The zero-order valence-electron chi connectivity index (χ0n) is 21.4. The second-order valence-electron chi connectivity index (χ2n) is 10.8. The van der Waals surface area contributed by atoms with E-state index in [1.165, 1.54) is 19.0 Å². The normalized spacial score (nSPS) is 36.8. The summed E-state index contributed by atoms with van der Waals surface area (Å²) in [5.74, 6) is -12.1. The van der Waals surface area contributed by atoms with Crippen LogP contribution < -0.4 is 11.1 Å². The van der Waals surface area contributed by atoms with E-state index in [4.69, 9.17) is 5.73 Å². The lowest BCUT2D eigenvalue weighted by molar-refractivity contribution is -0.184. The number of carbonyl (C=O) groups is 6. The van der Waals surface area contributed by atoms with Gasteiger partial charge in [-0.1, -0.05) is 15.9 Å². The monoisotopic (exact) mass is 594 g/mol.